The molecule has 3 aromatic rings. The minimum absolute atomic E-state index is 0.0567. The number of halogens is 4. The molecule has 9 heteroatoms. The predicted octanol–water partition coefficient (Wildman–Crippen LogP) is 6.28. The Kier molecular flexibility index (Phi) is 9.25. The Hall–Kier alpha value is -3.43. The molecule has 1 N–H and O–H groups in total. The van der Waals surface area contributed by atoms with E-state index in [-0.39, 0.29) is 29.4 Å². The number of carbonyl (C=O) groups excluding carboxylic acids is 1. The maximum atomic E-state index is 14.9. The van der Waals surface area contributed by atoms with Gasteiger partial charge < -0.3 is 10.1 Å². The Morgan fingerprint density at radius 1 is 0.805 bits per heavy atom. The third kappa shape index (κ3) is 8.07. The van der Waals surface area contributed by atoms with Gasteiger partial charge in [-0.2, -0.15) is 13.2 Å². The summed E-state index contributed by atoms with van der Waals surface area (Å²) in [7, 11) is 0. The zero-order valence-corrected chi connectivity index (χ0v) is 22.9. The van der Waals surface area contributed by atoms with Crippen LogP contribution in [0.2, 0.25) is 0 Å². The number of carbonyl (C=O) groups is 1. The molecule has 2 heterocycles. The van der Waals surface area contributed by atoms with Gasteiger partial charge in [0.25, 0.3) is 5.91 Å². The molecular formula is C32H35F4N3O2. The van der Waals surface area contributed by atoms with Crippen LogP contribution in [-0.2, 0) is 19.3 Å². The number of hydrogen-bond donors (Lipinski definition) is 1. The van der Waals surface area contributed by atoms with Crippen molar-refractivity contribution in [2.75, 3.05) is 26.2 Å². The highest BCUT2D eigenvalue weighted by Gasteiger charge is 2.30. The summed E-state index contributed by atoms with van der Waals surface area (Å²) >= 11 is 0. The molecule has 41 heavy (non-hydrogen) atoms. The van der Waals surface area contributed by atoms with Gasteiger partial charge in [0.2, 0.25) is 0 Å². The van der Waals surface area contributed by atoms with Crippen molar-refractivity contribution >= 4 is 5.91 Å². The van der Waals surface area contributed by atoms with Gasteiger partial charge in [0.1, 0.15) is 6.10 Å². The topological polar surface area (TPSA) is 44.8 Å². The Morgan fingerprint density at radius 3 is 1.98 bits per heavy atom. The van der Waals surface area contributed by atoms with Crippen LogP contribution in [0.5, 0.6) is 5.75 Å². The Morgan fingerprint density at radius 2 is 1.39 bits per heavy atom. The molecule has 1 amide bonds. The lowest BCUT2D eigenvalue weighted by Crippen LogP contribution is -2.44. The number of benzene rings is 3. The lowest BCUT2D eigenvalue weighted by molar-refractivity contribution is -0.137. The standard InChI is InChI=1S/C32H35F4N3O2/c33-29-20-25(31(40)37-27-12-16-38(17-13-27)21-23-4-2-1-3-5-23)8-11-30(29)41-28-14-18-39(19-15-28)22-24-6-9-26(10-7-24)32(34,35)36/h1-11,20,27-28H,12-19,21-22H2,(H,37,40). The second kappa shape index (κ2) is 13.0. The van der Waals surface area contributed by atoms with Crippen molar-refractivity contribution in [1.82, 2.24) is 15.1 Å². The minimum atomic E-state index is -4.34. The van der Waals surface area contributed by atoms with Gasteiger partial charge >= 0.3 is 6.18 Å². The molecule has 2 aliphatic heterocycles. The molecule has 2 fully saturated rings. The normalized spacial score (nSPS) is 17.9. The molecule has 0 radical (unpaired) electrons. The van der Waals surface area contributed by atoms with E-state index in [0.29, 0.717) is 32.5 Å². The summed E-state index contributed by atoms with van der Waals surface area (Å²) < 4.78 is 59.1. The summed E-state index contributed by atoms with van der Waals surface area (Å²) in [6, 6.07) is 19.9. The van der Waals surface area contributed by atoms with Crippen molar-refractivity contribution in [3.05, 3.63) is 101 Å². The van der Waals surface area contributed by atoms with E-state index in [1.807, 2.05) is 18.2 Å². The molecule has 3 aromatic carbocycles. The first-order valence-corrected chi connectivity index (χ1v) is 14.1. The SMILES string of the molecule is O=C(NC1CCN(Cc2ccccc2)CC1)c1ccc(OC2CCN(Cc3ccc(C(F)(F)F)cc3)CC2)c(F)c1. The van der Waals surface area contributed by atoms with Crippen molar-refractivity contribution in [3.63, 3.8) is 0 Å². The molecule has 0 unspecified atom stereocenters. The molecule has 0 aromatic heterocycles. The first-order valence-electron chi connectivity index (χ1n) is 14.1. The van der Waals surface area contributed by atoms with E-state index in [4.69, 9.17) is 4.74 Å². The summed E-state index contributed by atoms with van der Waals surface area (Å²) in [6.45, 7) is 4.62. The third-order valence-corrected chi connectivity index (χ3v) is 7.88. The average molecular weight is 570 g/mol. The van der Waals surface area contributed by atoms with Crippen LogP contribution in [0.25, 0.3) is 0 Å². The summed E-state index contributed by atoms with van der Waals surface area (Å²) in [5, 5.41) is 3.05. The lowest BCUT2D eigenvalue weighted by Gasteiger charge is -2.32. The molecule has 0 saturated carbocycles. The summed E-state index contributed by atoms with van der Waals surface area (Å²) in [5.74, 6) is -0.729. The summed E-state index contributed by atoms with van der Waals surface area (Å²) in [5.41, 5.74) is 1.71. The van der Waals surface area contributed by atoms with Crippen LogP contribution in [0.4, 0.5) is 17.6 Å². The van der Waals surface area contributed by atoms with E-state index in [1.54, 1.807) is 6.07 Å². The number of likely N-dealkylation sites (tertiary alicyclic amines) is 2. The van der Waals surface area contributed by atoms with Crippen LogP contribution in [0.15, 0.2) is 72.8 Å². The maximum absolute atomic E-state index is 14.9. The van der Waals surface area contributed by atoms with Crippen LogP contribution in [-0.4, -0.2) is 54.0 Å². The van der Waals surface area contributed by atoms with E-state index in [9.17, 15) is 22.4 Å². The van der Waals surface area contributed by atoms with Crippen LogP contribution < -0.4 is 10.1 Å². The molecule has 2 aliphatic rings. The lowest BCUT2D eigenvalue weighted by atomic mass is 10.0. The number of amides is 1. The highest BCUT2D eigenvalue weighted by Crippen LogP contribution is 2.30. The predicted molar refractivity (Wildman–Crippen MR) is 149 cm³/mol. The quantitative estimate of drug-likeness (QED) is 0.324. The molecule has 0 bridgehead atoms. The van der Waals surface area contributed by atoms with Crippen molar-refractivity contribution in [3.8, 4) is 5.75 Å². The third-order valence-electron chi connectivity index (χ3n) is 7.88. The van der Waals surface area contributed by atoms with Gasteiger partial charge in [-0.3, -0.25) is 14.6 Å². The molecule has 5 nitrogen and oxygen atoms in total. The van der Waals surface area contributed by atoms with Gasteiger partial charge in [-0.05, 0) is 67.1 Å². The molecule has 0 spiro atoms. The van der Waals surface area contributed by atoms with Crippen LogP contribution in [0, 0.1) is 5.82 Å². The number of rotatable bonds is 8. The molecule has 5 rings (SSSR count). The number of alkyl halides is 3. The Bertz CT molecular complexity index is 1280. The average Bonchev–Trinajstić information content (AvgIpc) is 2.96. The zero-order chi connectivity index (χ0) is 28.8. The van der Waals surface area contributed by atoms with Crippen LogP contribution in [0.3, 0.4) is 0 Å². The van der Waals surface area contributed by atoms with E-state index < -0.39 is 17.6 Å². The summed E-state index contributed by atoms with van der Waals surface area (Å²) in [4.78, 5) is 17.3. The van der Waals surface area contributed by atoms with Crippen molar-refractivity contribution in [2.24, 2.45) is 0 Å². The second-order valence-electron chi connectivity index (χ2n) is 10.9. The van der Waals surface area contributed by atoms with Gasteiger partial charge in [-0.1, -0.05) is 42.5 Å². The highest BCUT2D eigenvalue weighted by molar-refractivity contribution is 5.94. The van der Waals surface area contributed by atoms with Gasteiger partial charge in [-0.25, -0.2) is 4.39 Å². The van der Waals surface area contributed by atoms with Crippen LogP contribution in [0.1, 0.15) is 52.7 Å². The zero-order valence-electron chi connectivity index (χ0n) is 22.9. The monoisotopic (exact) mass is 569 g/mol. The minimum Gasteiger partial charge on any atom is -0.487 e. The smallest absolute Gasteiger partial charge is 0.416 e. The number of piperidine rings is 2. The molecular weight excluding hydrogens is 534 g/mol. The van der Waals surface area contributed by atoms with Gasteiger partial charge in [0.15, 0.2) is 11.6 Å². The highest BCUT2D eigenvalue weighted by atomic mass is 19.4. The Balaban J connectivity index is 1.05. The second-order valence-corrected chi connectivity index (χ2v) is 10.9. The fraction of sp³-hybridized carbons (Fsp3) is 0.406. The molecule has 0 atom stereocenters. The fourth-order valence-corrected chi connectivity index (χ4v) is 5.51. The number of nitrogens with one attached hydrogen (secondary N) is 1. The van der Waals surface area contributed by atoms with E-state index >= 15 is 0 Å². The van der Waals surface area contributed by atoms with Crippen LogP contribution >= 0.6 is 0 Å². The summed E-state index contributed by atoms with van der Waals surface area (Å²) in [6.07, 6.45) is -1.48. The number of hydrogen-bond acceptors (Lipinski definition) is 4. The molecule has 0 aliphatic carbocycles. The fourth-order valence-electron chi connectivity index (χ4n) is 5.51. The first-order chi connectivity index (χ1) is 19.7. The van der Waals surface area contributed by atoms with Crippen molar-refractivity contribution in [2.45, 2.75) is 57.1 Å². The van der Waals surface area contributed by atoms with E-state index in [2.05, 4.69) is 27.2 Å². The van der Waals surface area contributed by atoms with Crippen molar-refractivity contribution < 1.29 is 27.1 Å². The van der Waals surface area contributed by atoms with E-state index in [1.165, 1.54) is 29.8 Å². The Labute approximate surface area is 238 Å². The largest absolute Gasteiger partial charge is 0.487 e. The van der Waals surface area contributed by atoms with Gasteiger partial charge in [0.05, 0.1) is 5.56 Å². The maximum Gasteiger partial charge on any atom is 0.416 e. The number of nitrogens with zero attached hydrogens (tertiary/aromatic N) is 2. The van der Waals surface area contributed by atoms with Gasteiger partial charge in [0, 0.05) is 50.9 Å². The number of ether oxygens (including phenoxy) is 1. The van der Waals surface area contributed by atoms with Crippen molar-refractivity contribution in [1.29, 1.82) is 0 Å². The van der Waals surface area contributed by atoms with E-state index in [0.717, 1.165) is 50.2 Å². The molecule has 2 saturated heterocycles. The first kappa shape index (κ1) is 29.1. The van der Waals surface area contributed by atoms with Gasteiger partial charge in [-0.15, -0.1) is 0 Å². The molecule has 218 valence electrons.